The predicted molar refractivity (Wildman–Crippen MR) is 198 cm³/mol. The Hall–Kier alpha value is 0. The van der Waals surface area contributed by atoms with Gasteiger partial charge in [-0.25, -0.2) is 0 Å². The molecule has 0 bridgehead atoms. The second-order valence-corrected chi connectivity index (χ2v) is 15.3. The van der Waals surface area contributed by atoms with Crippen molar-refractivity contribution in [3.8, 4) is 0 Å². The minimum atomic E-state index is 1.10. The molecular weight excluding hydrogens is 516 g/mol. The first-order valence-electron chi connectivity index (χ1n) is 21.4. The van der Waals surface area contributed by atoms with Crippen LogP contribution in [-0.2, 0) is 0 Å². The molecule has 0 aromatic rings. The van der Waals surface area contributed by atoms with E-state index in [-0.39, 0.29) is 0 Å². The Morgan fingerprint density at radius 2 is 0.465 bits per heavy atom. The molecule has 1 fully saturated rings. The van der Waals surface area contributed by atoms with E-state index in [1.165, 1.54) is 244 Å². The van der Waals surface area contributed by atoms with Crippen molar-refractivity contribution >= 4 is 0 Å². The summed E-state index contributed by atoms with van der Waals surface area (Å²) in [5.74, 6) is 1.10. The number of hydrogen-bond acceptors (Lipinski definition) is 0. The highest BCUT2D eigenvalue weighted by molar-refractivity contribution is 4.65. The number of hydrogen-bond donors (Lipinski definition) is 0. The van der Waals surface area contributed by atoms with Gasteiger partial charge in [0.1, 0.15) is 0 Å². The van der Waals surface area contributed by atoms with Crippen LogP contribution in [0.2, 0.25) is 0 Å². The van der Waals surface area contributed by atoms with Gasteiger partial charge in [0.15, 0.2) is 0 Å². The molecule has 0 amide bonds. The van der Waals surface area contributed by atoms with E-state index in [4.69, 9.17) is 0 Å². The largest absolute Gasteiger partial charge is 0.0654 e. The van der Waals surface area contributed by atoms with Crippen LogP contribution in [0.1, 0.15) is 270 Å². The van der Waals surface area contributed by atoms with E-state index < -0.39 is 0 Å². The lowest BCUT2D eigenvalue weighted by Gasteiger charge is -2.21. The van der Waals surface area contributed by atoms with Crippen molar-refractivity contribution in [3.63, 3.8) is 0 Å². The molecule has 0 aromatic carbocycles. The molecule has 0 aromatic heterocycles. The van der Waals surface area contributed by atoms with Crippen LogP contribution in [0.25, 0.3) is 0 Å². The minimum Gasteiger partial charge on any atom is -0.0654 e. The van der Waals surface area contributed by atoms with Gasteiger partial charge >= 0.3 is 0 Å². The van der Waals surface area contributed by atoms with E-state index in [2.05, 4.69) is 6.92 Å². The van der Waals surface area contributed by atoms with Crippen LogP contribution in [0.5, 0.6) is 0 Å². The van der Waals surface area contributed by atoms with Crippen LogP contribution in [0.4, 0.5) is 0 Å². The third-order valence-corrected chi connectivity index (χ3v) is 10.9. The maximum atomic E-state index is 2.31. The molecule has 0 heteroatoms. The molecule has 0 aliphatic heterocycles. The molecule has 1 rings (SSSR count). The van der Waals surface area contributed by atoms with Gasteiger partial charge < -0.3 is 0 Å². The monoisotopic (exact) mass is 603 g/mol. The topological polar surface area (TPSA) is 0 Å². The number of unbranched alkanes of at least 4 members (excludes halogenated alkanes) is 34. The van der Waals surface area contributed by atoms with Crippen molar-refractivity contribution in [1.82, 2.24) is 0 Å². The molecule has 1 aliphatic rings. The summed E-state index contributed by atoms with van der Waals surface area (Å²) in [5, 5.41) is 0. The molecule has 0 atom stereocenters. The molecular formula is C43H86. The molecule has 43 heavy (non-hydrogen) atoms. The fraction of sp³-hybridized carbons (Fsp3) is 1.00. The molecule has 0 nitrogen and oxygen atoms in total. The molecule has 0 heterocycles. The van der Waals surface area contributed by atoms with Gasteiger partial charge in [-0.1, -0.05) is 270 Å². The Labute approximate surface area is 275 Å². The van der Waals surface area contributed by atoms with E-state index in [1.807, 2.05) is 0 Å². The van der Waals surface area contributed by atoms with Crippen LogP contribution in [0, 0.1) is 5.92 Å². The Kier molecular flexibility index (Phi) is 34.8. The first-order valence-corrected chi connectivity index (χ1v) is 21.4. The van der Waals surface area contributed by atoms with Crippen LogP contribution in [-0.4, -0.2) is 0 Å². The third kappa shape index (κ3) is 33.2. The van der Waals surface area contributed by atoms with Crippen LogP contribution < -0.4 is 0 Å². The van der Waals surface area contributed by atoms with E-state index in [9.17, 15) is 0 Å². The van der Waals surface area contributed by atoms with Crippen molar-refractivity contribution in [2.24, 2.45) is 5.92 Å². The van der Waals surface area contributed by atoms with Gasteiger partial charge in [-0.05, 0) is 5.92 Å². The fourth-order valence-electron chi connectivity index (χ4n) is 7.82. The summed E-state index contributed by atoms with van der Waals surface area (Å²) in [6, 6.07) is 0. The second-order valence-electron chi connectivity index (χ2n) is 15.3. The maximum Gasteiger partial charge on any atom is -0.0414 e. The number of rotatable bonds is 36. The summed E-state index contributed by atoms with van der Waals surface area (Å²) in [6.07, 6.45) is 61.4. The molecule has 258 valence electrons. The van der Waals surface area contributed by atoms with Gasteiger partial charge in [-0.2, -0.15) is 0 Å². The van der Waals surface area contributed by atoms with Crippen molar-refractivity contribution in [2.45, 2.75) is 270 Å². The smallest absolute Gasteiger partial charge is 0.0414 e. The SMILES string of the molecule is CCCCCCCCCCCCCCCCCCCCCCCCCCCCCCCCCCCCCC1CCCCC1. The first kappa shape index (κ1) is 41.0. The standard InChI is InChI=1S/C43H86/c1-2-3-4-5-6-7-8-9-10-11-12-13-14-15-16-17-18-19-20-21-22-23-24-25-26-27-28-29-30-31-32-33-34-35-37-40-43-41-38-36-39-42-43/h43H,2-42H2,1H3. The van der Waals surface area contributed by atoms with E-state index in [0.29, 0.717) is 0 Å². The molecule has 1 saturated carbocycles. The molecule has 0 N–H and O–H groups in total. The van der Waals surface area contributed by atoms with Gasteiger partial charge in [0.25, 0.3) is 0 Å². The van der Waals surface area contributed by atoms with Crippen molar-refractivity contribution in [3.05, 3.63) is 0 Å². The van der Waals surface area contributed by atoms with E-state index >= 15 is 0 Å². The van der Waals surface area contributed by atoms with Gasteiger partial charge in [0.05, 0.1) is 0 Å². The van der Waals surface area contributed by atoms with Crippen LogP contribution in [0.3, 0.4) is 0 Å². The molecule has 0 unspecified atom stereocenters. The van der Waals surface area contributed by atoms with Gasteiger partial charge in [0.2, 0.25) is 0 Å². The van der Waals surface area contributed by atoms with Crippen molar-refractivity contribution in [2.75, 3.05) is 0 Å². The normalized spacial score (nSPS) is 14.2. The second kappa shape index (κ2) is 36.5. The maximum absolute atomic E-state index is 2.31. The summed E-state index contributed by atoms with van der Waals surface area (Å²) in [7, 11) is 0. The molecule has 0 saturated heterocycles. The minimum absolute atomic E-state index is 1.10. The average molecular weight is 603 g/mol. The van der Waals surface area contributed by atoms with Gasteiger partial charge in [-0.15, -0.1) is 0 Å². The third-order valence-electron chi connectivity index (χ3n) is 10.9. The van der Waals surface area contributed by atoms with E-state index in [0.717, 1.165) is 5.92 Å². The zero-order valence-corrected chi connectivity index (χ0v) is 30.6. The summed E-state index contributed by atoms with van der Waals surface area (Å²) >= 11 is 0. The summed E-state index contributed by atoms with van der Waals surface area (Å²) < 4.78 is 0. The van der Waals surface area contributed by atoms with E-state index in [1.54, 1.807) is 19.3 Å². The van der Waals surface area contributed by atoms with Crippen LogP contribution in [0.15, 0.2) is 0 Å². The summed E-state index contributed by atoms with van der Waals surface area (Å²) in [6.45, 7) is 2.31. The van der Waals surface area contributed by atoms with Gasteiger partial charge in [-0.3, -0.25) is 0 Å². The van der Waals surface area contributed by atoms with Crippen LogP contribution >= 0.6 is 0 Å². The van der Waals surface area contributed by atoms with Gasteiger partial charge in [0, 0.05) is 0 Å². The lowest BCUT2D eigenvalue weighted by atomic mass is 9.85. The Balaban J connectivity index is 1.60. The Morgan fingerprint density at radius 3 is 0.698 bits per heavy atom. The highest BCUT2D eigenvalue weighted by atomic mass is 14.2. The summed E-state index contributed by atoms with van der Waals surface area (Å²) in [4.78, 5) is 0. The molecule has 0 radical (unpaired) electrons. The average Bonchev–Trinajstić information content (AvgIpc) is 3.03. The highest BCUT2D eigenvalue weighted by Crippen LogP contribution is 2.28. The zero-order chi connectivity index (χ0) is 30.6. The lowest BCUT2D eigenvalue weighted by Crippen LogP contribution is -2.05. The quantitative estimate of drug-likeness (QED) is 0.0626. The lowest BCUT2D eigenvalue weighted by molar-refractivity contribution is 0.328. The first-order chi connectivity index (χ1) is 21.4. The van der Waals surface area contributed by atoms with Crippen molar-refractivity contribution in [1.29, 1.82) is 0 Å². The zero-order valence-electron chi connectivity index (χ0n) is 30.6. The van der Waals surface area contributed by atoms with Crippen molar-refractivity contribution < 1.29 is 0 Å². The molecule has 1 aliphatic carbocycles. The Morgan fingerprint density at radius 1 is 0.256 bits per heavy atom. The molecule has 0 spiro atoms. The Bertz CT molecular complexity index is 474. The summed E-state index contributed by atoms with van der Waals surface area (Å²) in [5.41, 5.74) is 0. The highest BCUT2D eigenvalue weighted by Gasteiger charge is 2.12. The predicted octanol–water partition coefficient (Wildman–Crippen LogP) is 16.6. The fourth-order valence-corrected chi connectivity index (χ4v) is 7.82.